The van der Waals surface area contributed by atoms with Crippen molar-refractivity contribution in [1.82, 2.24) is 4.98 Å². The predicted octanol–water partition coefficient (Wildman–Crippen LogP) is 3.51. The van der Waals surface area contributed by atoms with Gasteiger partial charge in [-0.1, -0.05) is 0 Å². The fourth-order valence-electron chi connectivity index (χ4n) is 2.69. The SMILES string of the molecule is CCOC(=O)c1c(C)[nH]c(C(=O)[C@H](C)Oc2cc(F)ccc2[N+](=O)[O-])c1C. The zero-order valence-corrected chi connectivity index (χ0v) is 15.3. The first kappa shape index (κ1) is 20.1. The summed E-state index contributed by atoms with van der Waals surface area (Å²) in [4.78, 5) is 37.9. The Balaban J connectivity index is 2.32. The van der Waals surface area contributed by atoms with Crippen LogP contribution in [-0.4, -0.2) is 34.4 Å². The van der Waals surface area contributed by atoms with Gasteiger partial charge < -0.3 is 14.5 Å². The number of nitro groups is 1. The van der Waals surface area contributed by atoms with E-state index in [4.69, 9.17) is 9.47 Å². The number of nitro benzene ring substituents is 1. The molecular formula is C18H19FN2O6. The molecule has 1 N–H and O–H groups in total. The van der Waals surface area contributed by atoms with E-state index in [2.05, 4.69) is 4.98 Å². The summed E-state index contributed by atoms with van der Waals surface area (Å²) in [5, 5.41) is 11.1. The molecule has 0 fully saturated rings. The normalized spacial score (nSPS) is 11.7. The highest BCUT2D eigenvalue weighted by molar-refractivity contribution is 6.03. The number of aromatic amines is 1. The Labute approximate surface area is 154 Å². The van der Waals surface area contributed by atoms with Crippen molar-refractivity contribution >= 4 is 17.4 Å². The monoisotopic (exact) mass is 378 g/mol. The van der Waals surface area contributed by atoms with Crippen molar-refractivity contribution < 1.29 is 28.4 Å². The summed E-state index contributed by atoms with van der Waals surface area (Å²) in [7, 11) is 0. The molecular weight excluding hydrogens is 359 g/mol. The lowest BCUT2D eigenvalue weighted by atomic mass is 10.1. The number of ether oxygens (including phenoxy) is 2. The number of carbonyl (C=O) groups excluding carboxylic acids is 2. The topological polar surface area (TPSA) is 112 Å². The molecule has 9 heteroatoms. The van der Waals surface area contributed by atoms with Crippen LogP contribution in [0.15, 0.2) is 18.2 Å². The van der Waals surface area contributed by atoms with Crippen LogP contribution in [0.3, 0.4) is 0 Å². The molecule has 1 aromatic heterocycles. The summed E-state index contributed by atoms with van der Waals surface area (Å²) in [5.74, 6) is -2.18. The number of hydrogen-bond acceptors (Lipinski definition) is 6. The Morgan fingerprint density at radius 1 is 1.33 bits per heavy atom. The lowest BCUT2D eigenvalue weighted by Crippen LogP contribution is -2.25. The number of Topliss-reactive ketones (excluding diaryl/α,β-unsaturated/α-hetero) is 1. The lowest BCUT2D eigenvalue weighted by Gasteiger charge is -2.13. The highest BCUT2D eigenvalue weighted by Gasteiger charge is 2.28. The number of hydrogen-bond donors (Lipinski definition) is 1. The van der Waals surface area contributed by atoms with Crippen LogP contribution in [0.5, 0.6) is 5.75 Å². The molecule has 1 aromatic carbocycles. The molecule has 2 rings (SSSR count). The highest BCUT2D eigenvalue weighted by atomic mass is 19.1. The second kappa shape index (κ2) is 7.98. The lowest BCUT2D eigenvalue weighted by molar-refractivity contribution is -0.386. The first-order valence-electron chi connectivity index (χ1n) is 8.18. The third kappa shape index (κ3) is 4.13. The Kier molecular flexibility index (Phi) is 5.94. The van der Waals surface area contributed by atoms with Crippen LogP contribution in [0.1, 0.15) is 46.0 Å². The number of nitrogens with one attached hydrogen (secondary N) is 1. The quantitative estimate of drug-likeness (QED) is 0.342. The molecule has 0 saturated heterocycles. The average Bonchev–Trinajstić information content (AvgIpc) is 2.88. The fraction of sp³-hybridized carbons (Fsp3) is 0.333. The molecule has 1 atom stereocenters. The predicted molar refractivity (Wildman–Crippen MR) is 93.7 cm³/mol. The Morgan fingerprint density at radius 3 is 2.59 bits per heavy atom. The van der Waals surface area contributed by atoms with E-state index >= 15 is 0 Å². The molecule has 0 bridgehead atoms. The number of rotatable bonds is 7. The van der Waals surface area contributed by atoms with Crippen molar-refractivity contribution in [3.05, 3.63) is 56.6 Å². The number of nitrogens with zero attached hydrogens (tertiary/aromatic N) is 1. The van der Waals surface area contributed by atoms with E-state index < -0.39 is 34.3 Å². The first-order chi connectivity index (χ1) is 12.7. The molecule has 8 nitrogen and oxygen atoms in total. The standard InChI is InChI=1S/C18H19FN2O6/c1-5-26-18(23)15-9(2)16(20-10(15)3)17(22)11(4)27-14-8-12(19)6-7-13(14)21(24)25/h6-8,11,20H,5H2,1-4H3/t11-/m0/s1. The molecule has 144 valence electrons. The summed E-state index contributed by atoms with van der Waals surface area (Å²) in [6.07, 6.45) is -1.16. The van der Waals surface area contributed by atoms with Gasteiger partial charge in [0, 0.05) is 17.8 Å². The summed E-state index contributed by atoms with van der Waals surface area (Å²) < 4.78 is 23.7. The van der Waals surface area contributed by atoms with Gasteiger partial charge in [-0.15, -0.1) is 0 Å². The molecule has 0 saturated carbocycles. The highest BCUT2D eigenvalue weighted by Crippen LogP contribution is 2.29. The Morgan fingerprint density at radius 2 is 2.00 bits per heavy atom. The number of halogens is 1. The molecule has 0 aliphatic heterocycles. The van der Waals surface area contributed by atoms with Gasteiger partial charge in [0.2, 0.25) is 11.5 Å². The third-order valence-corrected chi connectivity index (χ3v) is 3.95. The van der Waals surface area contributed by atoms with E-state index in [9.17, 15) is 24.1 Å². The van der Waals surface area contributed by atoms with Crippen molar-refractivity contribution in [2.75, 3.05) is 6.61 Å². The van der Waals surface area contributed by atoms with E-state index in [-0.39, 0.29) is 23.6 Å². The number of H-pyrrole nitrogens is 1. The minimum atomic E-state index is -1.16. The van der Waals surface area contributed by atoms with Crippen LogP contribution in [-0.2, 0) is 4.74 Å². The van der Waals surface area contributed by atoms with E-state index in [1.807, 2.05) is 0 Å². The van der Waals surface area contributed by atoms with Gasteiger partial charge in [0.1, 0.15) is 5.82 Å². The van der Waals surface area contributed by atoms with Gasteiger partial charge >= 0.3 is 11.7 Å². The largest absolute Gasteiger partial charge is 0.475 e. The van der Waals surface area contributed by atoms with Gasteiger partial charge in [0.05, 0.1) is 22.8 Å². The minimum absolute atomic E-state index is 0.127. The minimum Gasteiger partial charge on any atom is -0.475 e. The second-order valence-corrected chi connectivity index (χ2v) is 5.84. The molecule has 0 unspecified atom stereocenters. The number of carbonyl (C=O) groups is 2. The van der Waals surface area contributed by atoms with E-state index in [1.165, 1.54) is 6.92 Å². The van der Waals surface area contributed by atoms with Crippen LogP contribution in [0.4, 0.5) is 10.1 Å². The summed E-state index contributed by atoms with van der Waals surface area (Å²) in [6, 6.07) is 2.74. The number of esters is 1. The molecule has 0 aliphatic carbocycles. The smallest absolute Gasteiger partial charge is 0.340 e. The van der Waals surface area contributed by atoms with Gasteiger partial charge in [-0.2, -0.15) is 0 Å². The molecule has 0 radical (unpaired) electrons. The number of aromatic nitrogens is 1. The molecule has 1 heterocycles. The molecule has 0 spiro atoms. The number of ketones is 1. The summed E-state index contributed by atoms with van der Waals surface area (Å²) in [6.45, 7) is 6.45. The van der Waals surface area contributed by atoms with Crippen molar-refractivity contribution in [1.29, 1.82) is 0 Å². The number of aryl methyl sites for hydroxylation is 1. The van der Waals surface area contributed by atoms with Gasteiger partial charge in [-0.25, -0.2) is 9.18 Å². The van der Waals surface area contributed by atoms with Gasteiger partial charge in [0.15, 0.2) is 6.10 Å². The molecule has 0 amide bonds. The van der Waals surface area contributed by atoms with Crippen LogP contribution < -0.4 is 4.74 Å². The van der Waals surface area contributed by atoms with E-state index in [0.29, 0.717) is 11.3 Å². The van der Waals surface area contributed by atoms with Crippen molar-refractivity contribution in [3.8, 4) is 5.75 Å². The molecule has 0 aliphatic rings. The zero-order chi connectivity index (χ0) is 20.3. The zero-order valence-electron chi connectivity index (χ0n) is 15.3. The van der Waals surface area contributed by atoms with E-state index in [0.717, 1.165) is 18.2 Å². The first-order valence-corrected chi connectivity index (χ1v) is 8.18. The van der Waals surface area contributed by atoms with Crippen LogP contribution in [0, 0.1) is 29.8 Å². The maximum absolute atomic E-state index is 13.4. The Hall–Kier alpha value is -3.23. The summed E-state index contributed by atoms with van der Waals surface area (Å²) in [5.41, 5.74) is 0.771. The van der Waals surface area contributed by atoms with E-state index in [1.54, 1.807) is 20.8 Å². The Bertz CT molecular complexity index is 905. The van der Waals surface area contributed by atoms with Crippen molar-refractivity contribution in [2.45, 2.75) is 33.8 Å². The van der Waals surface area contributed by atoms with Crippen molar-refractivity contribution in [3.63, 3.8) is 0 Å². The number of benzene rings is 1. The van der Waals surface area contributed by atoms with Gasteiger partial charge in [-0.05, 0) is 39.3 Å². The molecule has 27 heavy (non-hydrogen) atoms. The van der Waals surface area contributed by atoms with Gasteiger partial charge in [0.25, 0.3) is 0 Å². The van der Waals surface area contributed by atoms with Gasteiger partial charge in [-0.3, -0.25) is 14.9 Å². The maximum atomic E-state index is 13.4. The van der Waals surface area contributed by atoms with Crippen molar-refractivity contribution in [2.24, 2.45) is 0 Å². The average molecular weight is 378 g/mol. The fourth-order valence-corrected chi connectivity index (χ4v) is 2.69. The van der Waals surface area contributed by atoms with Crippen LogP contribution >= 0.6 is 0 Å². The van der Waals surface area contributed by atoms with Crippen LogP contribution in [0.25, 0.3) is 0 Å². The summed E-state index contributed by atoms with van der Waals surface area (Å²) >= 11 is 0. The third-order valence-electron chi connectivity index (χ3n) is 3.95. The molecule has 2 aromatic rings. The second-order valence-electron chi connectivity index (χ2n) is 5.84. The van der Waals surface area contributed by atoms with Crippen LogP contribution in [0.2, 0.25) is 0 Å². The maximum Gasteiger partial charge on any atom is 0.340 e.